The first-order valence-electron chi connectivity index (χ1n) is 8.64. The molecule has 0 N–H and O–H groups in total. The van der Waals surface area contributed by atoms with Crippen LogP contribution >= 0.6 is 0 Å². The van der Waals surface area contributed by atoms with Crippen LogP contribution in [0.25, 0.3) is 34.7 Å². The molecule has 0 unspecified atom stereocenters. The van der Waals surface area contributed by atoms with Crippen LogP contribution in [0.3, 0.4) is 0 Å². The number of aromatic nitrogens is 1. The van der Waals surface area contributed by atoms with Gasteiger partial charge in [0, 0.05) is 11.1 Å². The Labute approximate surface area is 157 Å². The second-order valence-corrected chi connectivity index (χ2v) is 6.07. The van der Waals surface area contributed by atoms with Crippen molar-refractivity contribution in [3.05, 3.63) is 102 Å². The van der Waals surface area contributed by atoms with E-state index in [0.717, 1.165) is 33.7 Å². The molecule has 0 bridgehead atoms. The minimum Gasteiger partial charge on any atom is -0.355 e. The third kappa shape index (κ3) is 3.56. The van der Waals surface area contributed by atoms with Gasteiger partial charge >= 0.3 is 0 Å². The summed E-state index contributed by atoms with van der Waals surface area (Å²) < 4.78 is 5.71. The highest BCUT2D eigenvalue weighted by atomic mass is 16.5. The molecule has 0 amide bonds. The van der Waals surface area contributed by atoms with Gasteiger partial charge in [0.15, 0.2) is 5.76 Å². The molecule has 4 rings (SSSR count). The highest BCUT2D eigenvalue weighted by Crippen LogP contribution is 2.33. The van der Waals surface area contributed by atoms with Crippen LogP contribution in [0.1, 0.15) is 16.7 Å². The van der Waals surface area contributed by atoms with Gasteiger partial charge in [-0.2, -0.15) is 5.26 Å². The zero-order valence-corrected chi connectivity index (χ0v) is 14.5. The van der Waals surface area contributed by atoms with Crippen molar-refractivity contribution in [2.24, 2.45) is 0 Å². The molecule has 0 saturated heterocycles. The smallest absolute Gasteiger partial charge is 0.174 e. The third-order valence-electron chi connectivity index (χ3n) is 4.29. The number of nitrogens with zero attached hydrogens (tertiary/aromatic N) is 2. The topological polar surface area (TPSA) is 49.8 Å². The normalized spacial score (nSPS) is 10.8. The molecular formula is C24H16N2O. The summed E-state index contributed by atoms with van der Waals surface area (Å²) in [6.07, 6.45) is 4.08. The lowest BCUT2D eigenvalue weighted by atomic mass is 10.0. The molecule has 3 nitrogen and oxygen atoms in total. The van der Waals surface area contributed by atoms with Gasteiger partial charge in [-0.15, -0.1) is 0 Å². The van der Waals surface area contributed by atoms with Crippen molar-refractivity contribution < 1.29 is 4.52 Å². The van der Waals surface area contributed by atoms with Crippen molar-refractivity contribution >= 4 is 12.2 Å². The van der Waals surface area contributed by atoms with E-state index in [9.17, 15) is 0 Å². The SMILES string of the molecule is N#Cc1ccc(-c2noc(-c3ccccc3)c2/C=C/c2ccccc2)cc1. The number of rotatable bonds is 4. The molecule has 3 heteroatoms. The van der Waals surface area contributed by atoms with E-state index in [4.69, 9.17) is 9.78 Å². The summed E-state index contributed by atoms with van der Waals surface area (Å²) in [4.78, 5) is 0. The molecule has 0 fully saturated rings. The van der Waals surface area contributed by atoms with E-state index in [1.54, 1.807) is 12.1 Å². The van der Waals surface area contributed by atoms with Crippen LogP contribution in [0.2, 0.25) is 0 Å². The summed E-state index contributed by atoms with van der Waals surface area (Å²) in [5, 5.41) is 13.3. The van der Waals surface area contributed by atoms with E-state index in [0.29, 0.717) is 5.56 Å². The van der Waals surface area contributed by atoms with E-state index in [2.05, 4.69) is 11.2 Å². The molecule has 4 aromatic rings. The maximum Gasteiger partial charge on any atom is 0.174 e. The predicted octanol–water partition coefficient (Wildman–Crippen LogP) is 6.05. The Balaban J connectivity index is 1.82. The fraction of sp³-hybridized carbons (Fsp3) is 0. The molecule has 1 aromatic heterocycles. The Kier molecular flexibility index (Phi) is 4.63. The Morgan fingerprint density at radius 3 is 2.07 bits per heavy atom. The first-order chi connectivity index (χ1) is 13.3. The van der Waals surface area contributed by atoms with Crippen LogP contribution in [0.4, 0.5) is 0 Å². The molecule has 0 aliphatic heterocycles. The Hall–Kier alpha value is -3.90. The first kappa shape index (κ1) is 16.6. The van der Waals surface area contributed by atoms with Crippen LogP contribution in [0, 0.1) is 11.3 Å². The van der Waals surface area contributed by atoms with Crippen LogP contribution in [0.5, 0.6) is 0 Å². The number of hydrogen-bond donors (Lipinski definition) is 0. The summed E-state index contributed by atoms with van der Waals surface area (Å²) in [6.45, 7) is 0. The highest BCUT2D eigenvalue weighted by molar-refractivity contribution is 5.86. The van der Waals surface area contributed by atoms with Gasteiger partial charge in [-0.1, -0.05) is 84.0 Å². The van der Waals surface area contributed by atoms with Crippen molar-refractivity contribution in [3.8, 4) is 28.7 Å². The molecule has 0 spiro atoms. The summed E-state index contributed by atoms with van der Waals surface area (Å²) in [5.74, 6) is 0.724. The monoisotopic (exact) mass is 348 g/mol. The van der Waals surface area contributed by atoms with E-state index in [1.807, 2.05) is 84.9 Å². The molecule has 27 heavy (non-hydrogen) atoms. The lowest BCUT2D eigenvalue weighted by Gasteiger charge is -2.01. The highest BCUT2D eigenvalue weighted by Gasteiger charge is 2.17. The van der Waals surface area contributed by atoms with Gasteiger partial charge in [-0.25, -0.2) is 0 Å². The maximum atomic E-state index is 9.02. The summed E-state index contributed by atoms with van der Waals surface area (Å²) in [6, 6.07) is 29.5. The zero-order valence-electron chi connectivity index (χ0n) is 14.5. The van der Waals surface area contributed by atoms with E-state index >= 15 is 0 Å². The van der Waals surface area contributed by atoms with E-state index in [1.165, 1.54) is 0 Å². The quantitative estimate of drug-likeness (QED) is 0.451. The summed E-state index contributed by atoms with van der Waals surface area (Å²) in [5.41, 5.74) is 5.26. The fourth-order valence-electron chi connectivity index (χ4n) is 2.90. The summed E-state index contributed by atoms with van der Waals surface area (Å²) >= 11 is 0. The number of benzene rings is 3. The van der Waals surface area contributed by atoms with Crippen molar-refractivity contribution in [3.63, 3.8) is 0 Å². The Bertz CT molecular complexity index is 1100. The van der Waals surface area contributed by atoms with Crippen molar-refractivity contribution in [2.45, 2.75) is 0 Å². The number of hydrogen-bond acceptors (Lipinski definition) is 3. The fourth-order valence-corrected chi connectivity index (χ4v) is 2.90. The third-order valence-corrected chi connectivity index (χ3v) is 4.29. The Morgan fingerprint density at radius 1 is 0.741 bits per heavy atom. The van der Waals surface area contributed by atoms with Crippen LogP contribution in [-0.4, -0.2) is 5.16 Å². The predicted molar refractivity (Wildman–Crippen MR) is 107 cm³/mol. The van der Waals surface area contributed by atoms with Crippen molar-refractivity contribution in [1.29, 1.82) is 5.26 Å². The molecule has 0 saturated carbocycles. The standard InChI is InChI=1S/C24H16N2O/c25-17-19-11-14-20(15-12-19)23-22(16-13-18-7-3-1-4-8-18)24(27-26-23)21-9-5-2-6-10-21/h1-16H/b16-13+. The van der Waals surface area contributed by atoms with Gasteiger partial charge in [0.25, 0.3) is 0 Å². The molecule has 0 atom stereocenters. The lowest BCUT2D eigenvalue weighted by molar-refractivity contribution is 0.435. The largest absolute Gasteiger partial charge is 0.355 e. The van der Waals surface area contributed by atoms with Gasteiger partial charge in [-0.05, 0) is 23.8 Å². The molecule has 0 radical (unpaired) electrons. The zero-order chi connectivity index (χ0) is 18.5. The second kappa shape index (κ2) is 7.55. The van der Waals surface area contributed by atoms with Crippen LogP contribution < -0.4 is 0 Å². The molecule has 3 aromatic carbocycles. The average molecular weight is 348 g/mol. The minimum atomic E-state index is 0.618. The number of nitriles is 1. The first-order valence-corrected chi connectivity index (χ1v) is 8.64. The van der Waals surface area contributed by atoms with E-state index in [-0.39, 0.29) is 0 Å². The molecular weight excluding hydrogens is 332 g/mol. The molecule has 1 heterocycles. The lowest BCUT2D eigenvalue weighted by Crippen LogP contribution is -1.84. The molecule has 128 valence electrons. The average Bonchev–Trinajstić information content (AvgIpc) is 3.17. The van der Waals surface area contributed by atoms with Gasteiger partial charge in [-0.3, -0.25) is 0 Å². The van der Waals surface area contributed by atoms with Crippen molar-refractivity contribution in [1.82, 2.24) is 5.16 Å². The minimum absolute atomic E-state index is 0.618. The van der Waals surface area contributed by atoms with Crippen LogP contribution in [0.15, 0.2) is 89.5 Å². The van der Waals surface area contributed by atoms with Gasteiger partial charge in [0.1, 0.15) is 5.69 Å². The Morgan fingerprint density at radius 2 is 1.41 bits per heavy atom. The van der Waals surface area contributed by atoms with E-state index < -0.39 is 0 Å². The van der Waals surface area contributed by atoms with Gasteiger partial charge < -0.3 is 4.52 Å². The van der Waals surface area contributed by atoms with Gasteiger partial charge in [0.2, 0.25) is 0 Å². The second-order valence-electron chi connectivity index (χ2n) is 6.07. The molecule has 0 aliphatic carbocycles. The maximum absolute atomic E-state index is 9.02. The summed E-state index contributed by atoms with van der Waals surface area (Å²) in [7, 11) is 0. The van der Waals surface area contributed by atoms with Crippen molar-refractivity contribution in [2.75, 3.05) is 0 Å². The van der Waals surface area contributed by atoms with Crippen LogP contribution in [-0.2, 0) is 0 Å². The van der Waals surface area contributed by atoms with Gasteiger partial charge in [0.05, 0.1) is 17.2 Å². The molecule has 0 aliphatic rings.